The van der Waals surface area contributed by atoms with Gasteiger partial charge in [-0.15, -0.1) is 0 Å². The molecule has 7 nitrogen and oxygen atoms in total. The summed E-state index contributed by atoms with van der Waals surface area (Å²) in [5.41, 5.74) is 4.18. The first-order chi connectivity index (χ1) is 15.2. The monoisotopic (exact) mass is 448 g/mol. The van der Waals surface area contributed by atoms with Gasteiger partial charge < -0.3 is 9.72 Å². The molecule has 2 aromatic heterocycles. The molecule has 0 aliphatic carbocycles. The van der Waals surface area contributed by atoms with Crippen molar-refractivity contribution in [2.24, 2.45) is 5.92 Å². The second-order valence-corrected chi connectivity index (χ2v) is 9.55. The quantitative estimate of drug-likeness (QED) is 0.447. The summed E-state index contributed by atoms with van der Waals surface area (Å²) >= 11 is 0. The molecule has 2 N–H and O–H groups in total. The molecule has 2 heterocycles. The minimum absolute atomic E-state index is 0.0979. The van der Waals surface area contributed by atoms with Gasteiger partial charge in [0.2, 0.25) is 5.91 Å². The maximum absolute atomic E-state index is 13.0. The van der Waals surface area contributed by atoms with Crippen molar-refractivity contribution in [3.8, 4) is 11.3 Å². The number of hydrogen-bond donors (Lipinski definition) is 2. The van der Waals surface area contributed by atoms with Gasteiger partial charge in [0.25, 0.3) is 10.0 Å². The summed E-state index contributed by atoms with van der Waals surface area (Å²) < 4.78 is 30.6. The van der Waals surface area contributed by atoms with Gasteiger partial charge in [0.15, 0.2) is 0 Å². The van der Waals surface area contributed by atoms with Gasteiger partial charge in [-0.25, -0.2) is 13.4 Å². The summed E-state index contributed by atoms with van der Waals surface area (Å²) in [5, 5.41) is 2.75. The Balaban J connectivity index is 1.63. The van der Waals surface area contributed by atoms with E-state index in [0.717, 1.165) is 11.2 Å². The fourth-order valence-electron chi connectivity index (χ4n) is 3.29. The fraction of sp³-hybridized carbons (Fsp3) is 0.167. The number of anilines is 2. The molecule has 8 heteroatoms. The van der Waals surface area contributed by atoms with Crippen LogP contribution >= 0.6 is 0 Å². The number of sulfonamides is 1. The predicted molar refractivity (Wildman–Crippen MR) is 126 cm³/mol. The number of benzene rings is 2. The van der Waals surface area contributed by atoms with Crippen molar-refractivity contribution in [2.45, 2.75) is 25.7 Å². The first-order valence-electron chi connectivity index (χ1n) is 10.2. The molecule has 4 aromatic rings. The normalized spacial score (nSPS) is 11.6. The van der Waals surface area contributed by atoms with Crippen LogP contribution < -0.4 is 10.0 Å². The number of fused-ring (bicyclic) bond motifs is 1. The molecule has 0 spiro atoms. The largest absolute Gasteiger partial charge is 0.326 e. The lowest BCUT2D eigenvalue weighted by Gasteiger charge is -2.12. The van der Waals surface area contributed by atoms with Crippen molar-refractivity contribution in [1.82, 2.24) is 9.38 Å². The van der Waals surface area contributed by atoms with Crippen molar-refractivity contribution in [3.63, 3.8) is 0 Å². The molecule has 32 heavy (non-hydrogen) atoms. The number of aromatic nitrogens is 2. The minimum atomic E-state index is -3.84. The molecule has 0 radical (unpaired) electrons. The third-order valence-electron chi connectivity index (χ3n) is 5.08. The van der Waals surface area contributed by atoms with Crippen LogP contribution in [0.5, 0.6) is 0 Å². The molecule has 0 atom stereocenters. The van der Waals surface area contributed by atoms with Crippen LogP contribution in [0.4, 0.5) is 11.4 Å². The Bertz CT molecular complexity index is 1390. The predicted octanol–water partition coefficient (Wildman–Crippen LogP) is 4.71. The maximum atomic E-state index is 13.0. The van der Waals surface area contributed by atoms with E-state index in [9.17, 15) is 13.2 Å². The highest BCUT2D eigenvalue weighted by Crippen LogP contribution is 2.30. The zero-order chi connectivity index (χ0) is 22.9. The topological polar surface area (TPSA) is 92.6 Å². The molecule has 4 rings (SSSR count). The lowest BCUT2D eigenvalue weighted by molar-refractivity contribution is -0.118. The van der Waals surface area contributed by atoms with E-state index in [2.05, 4.69) is 15.0 Å². The van der Waals surface area contributed by atoms with Gasteiger partial charge in [-0.3, -0.25) is 9.52 Å². The average molecular weight is 449 g/mol. The molecule has 0 aliphatic heterocycles. The van der Waals surface area contributed by atoms with Crippen LogP contribution in [0, 0.1) is 12.8 Å². The van der Waals surface area contributed by atoms with E-state index in [1.807, 2.05) is 48.0 Å². The third-order valence-corrected chi connectivity index (χ3v) is 6.46. The van der Waals surface area contributed by atoms with E-state index in [-0.39, 0.29) is 16.7 Å². The molecular weight excluding hydrogens is 424 g/mol. The minimum Gasteiger partial charge on any atom is -0.326 e. The van der Waals surface area contributed by atoms with Crippen LogP contribution in [0.3, 0.4) is 0 Å². The maximum Gasteiger partial charge on any atom is 0.261 e. The number of para-hydroxylation sites is 1. The Hall–Kier alpha value is -3.65. The number of rotatable bonds is 6. The number of nitrogens with one attached hydrogen (secondary N) is 2. The van der Waals surface area contributed by atoms with Gasteiger partial charge in [-0.2, -0.15) is 0 Å². The van der Waals surface area contributed by atoms with E-state index in [1.54, 1.807) is 38.1 Å². The number of aryl methyl sites for hydroxylation is 1. The van der Waals surface area contributed by atoms with Gasteiger partial charge in [0, 0.05) is 29.6 Å². The van der Waals surface area contributed by atoms with Gasteiger partial charge in [0.05, 0.1) is 16.3 Å². The average Bonchev–Trinajstić information content (AvgIpc) is 3.20. The summed E-state index contributed by atoms with van der Waals surface area (Å²) in [7, 11) is -3.84. The number of carbonyl (C=O) groups is 1. The smallest absolute Gasteiger partial charge is 0.261 e. The molecule has 164 valence electrons. The van der Waals surface area contributed by atoms with Crippen LogP contribution in [0.15, 0.2) is 78.0 Å². The highest BCUT2D eigenvalue weighted by molar-refractivity contribution is 7.92. The number of pyridine rings is 1. The number of amides is 1. The number of nitrogens with zero attached hydrogens (tertiary/aromatic N) is 2. The lowest BCUT2D eigenvalue weighted by atomic mass is 10.1. The highest BCUT2D eigenvalue weighted by Gasteiger charge is 2.18. The van der Waals surface area contributed by atoms with Crippen LogP contribution in [-0.2, 0) is 14.8 Å². The zero-order valence-electron chi connectivity index (χ0n) is 18.0. The molecule has 0 aliphatic rings. The van der Waals surface area contributed by atoms with Crippen molar-refractivity contribution in [3.05, 3.63) is 78.6 Å². The molecule has 2 aromatic carbocycles. The van der Waals surface area contributed by atoms with E-state index >= 15 is 0 Å². The molecule has 0 bridgehead atoms. The van der Waals surface area contributed by atoms with Crippen LogP contribution in [0.25, 0.3) is 16.9 Å². The molecule has 0 saturated heterocycles. The van der Waals surface area contributed by atoms with E-state index < -0.39 is 10.0 Å². The zero-order valence-corrected chi connectivity index (χ0v) is 18.8. The Morgan fingerprint density at radius 1 is 1.00 bits per heavy atom. The van der Waals surface area contributed by atoms with Crippen molar-refractivity contribution >= 4 is 33.0 Å². The van der Waals surface area contributed by atoms with E-state index in [1.165, 1.54) is 12.1 Å². The summed E-state index contributed by atoms with van der Waals surface area (Å²) in [6.45, 7) is 5.56. The van der Waals surface area contributed by atoms with Gasteiger partial charge in [0.1, 0.15) is 5.65 Å². The Kier molecular flexibility index (Phi) is 5.71. The number of imidazole rings is 1. The lowest BCUT2D eigenvalue weighted by Crippen LogP contribution is -2.18. The van der Waals surface area contributed by atoms with Crippen molar-refractivity contribution in [2.75, 3.05) is 10.0 Å². The molecule has 0 unspecified atom stereocenters. The Morgan fingerprint density at radius 3 is 2.41 bits per heavy atom. The van der Waals surface area contributed by atoms with Crippen molar-refractivity contribution in [1.29, 1.82) is 0 Å². The van der Waals surface area contributed by atoms with Crippen LogP contribution in [-0.4, -0.2) is 23.7 Å². The van der Waals surface area contributed by atoms with Crippen LogP contribution in [0.1, 0.15) is 19.4 Å². The molecule has 0 saturated carbocycles. The standard InChI is InChI=1S/C24H24N4O3S/c1-16(2)24(29)25-18-10-12-19(13-11-18)32(30,31)27-21-9-5-4-8-20(21)22-15-28-14-6-7-17(3)23(28)26-22/h4-16,27H,1-3H3,(H,25,29). The van der Waals surface area contributed by atoms with Gasteiger partial charge in [-0.1, -0.05) is 38.1 Å². The van der Waals surface area contributed by atoms with Crippen LogP contribution in [0.2, 0.25) is 0 Å². The first kappa shape index (κ1) is 21.6. The van der Waals surface area contributed by atoms with E-state index in [4.69, 9.17) is 0 Å². The Morgan fingerprint density at radius 2 is 1.72 bits per heavy atom. The highest BCUT2D eigenvalue weighted by atomic mass is 32.2. The van der Waals surface area contributed by atoms with Gasteiger partial charge >= 0.3 is 0 Å². The number of carbonyl (C=O) groups excluding carboxylic acids is 1. The summed E-state index contributed by atoms with van der Waals surface area (Å²) in [5.74, 6) is -0.296. The first-order valence-corrected chi connectivity index (χ1v) is 11.7. The second kappa shape index (κ2) is 8.47. The van der Waals surface area contributed by atoms with E-state index in [0.29, 0.717) is 22.6 Å². The fourth-order valence-corrected chi connectivity index (χ4v) is 4.37. The Labute approximate surface area is 187 Å². The third kappa shape index (κ3) is 4.36. The summed E-state index contributed by atoms with van der Waals surface area (Å²) in [4.78, 5) is 16.6. The second-order valence-electron chi connectivity index (χ2n) is 7.87. The molecular formula is C24H24N4O3S. The molecule has 1 amide bonds. The summed E-state index contributed by atoms with van der Waals surface area (Å²) in [6.07, 6.45) is 3.78. The summed E-state index contributed by atoms with van der Waals surface area (Å²) in [6, 6.07) is 17.2. The van der Waals surface area contributed by atoms with Crippen molar-refractivity contribution < 1.29 is 13.2 Å². The number of hydrogen-bond acceptors (Lipinski definition) is 4. The SMILES string of the molecule is Cc1cccn2cc(-c3ccccc3NS(=O)(=O)c3ccc(NC(=O)C(C)C)cc3)nc12. The molecule has 0 fully saturated rings. The van der Waals surface area contributed by atoms with Gasteiger partial charge in [-0.05, 0) is 48.9 Å².